The number of carboxylic acid groups (broad SMARTS) is 1. The van der Waals surface area contributed by atoms with Crippen LogP contribution in [0, 0.1) is 0 Å². The predicted molar refractivity (Wildman–Crippen MR) is 82.8 cm³/mol. The first-order chi connectivity index (χ1) is 9.81. The number of halogens is 1. The van der Waals surface area contributed by atoms with Crippen molar-refractivity contribution in [2.24, 2.45) is 0 Å². The summed E-state index contributed by atoms with van der Waals surface area (Å²) in [6, 6.07) is 10.1. The van der Waals surface area contributed by atoms with Crippen molar-refractivity contribution in [1.82, 2.24) is 0 Å². The van der Waals surface area contributed by atoms with Crippen LogP contribution in [0.1, 0.15) is 10.4 Å². The van der Waals surface area contributed by atoms with Gasteiger partial charge in [-0.3, -0.25) is 4.72 Å². The number of carboxylic acids is 1. The molecule has 6 nitrogen and oxygen atoms in total. The smallest absolute Gasteiger partial charge is 0.335 e. The highest BCUT2D eigenvalue weighted by atomic mass is 79.9. The highest BCUT2D eigenvalue weighted by Crippen LogP contribution is 2.27. The van der Waals surface area contributed by atoms with Crippen molar-refractivity contribution in [3.63, 3.8) is 0 Å². The number of para-hydroxylation sites is 2. The summed E-state index contributed by atoms with van der Waals surface area (Å²) in [6.45, 7) is 0. The summed E-state index contributed by atoms with van der Waals surface area (Å²) in [6.07, 6.45) is 0. The third-order valence-corrected chi connectivity index (χ3v) is 5.03. The van der Waals surface area contributed by atoms with Gasteiger partial charge in [0, 0.05) is 4.47 Å². The summed E-state index contributed by atoms with van der Waals surface area (Å²) in [4.78, 5) is 10.8. The summed E-state index contributed by atoms with van der Waals surface area (Å²) in [7, 11) is -3.96. The molecule has 0 aliphatic carbocycles. The van der Waals surface area contributed by atoms with Gasteiger partial charge in [-0.25, -0.2) is 13.2 Å². The number of nitrogen functional groups attached to an aromatic ring is 1. The predicted octanol–water partition coefficient (Wildman–Crippen LogP) is 2.53. The van der Waals surface area contributed by atoms with Crippen LogP contribution in [0.2, 0.25) is 0 Å². The fourth-order valence-corrected chi connectivity index (χ4v) is 3.71. The van der Waals surface area contributed by atoms with E-state index in [2.05, 4.69) is 20.7 Å². The topological polar surface area (TPSA) is 109 Å². The number of nitrogens with one attached hydrogen (secondary N) is 1. The van der Waals surface area contributed by atoms with E-state index in [-0.39, 0.29) is 26.3 Å². The Morgan fingerprint density at radius 1 is 1.19 bits per heavy atom. The van der Waals surface area contributed by atoms with Gasteiger partial charge >= 0.3 is 5.97 Å². The fourth-order valence-electron chi connectivity index (χ4n) is 1.63. The van der Waals surface area contributed by atoms with Crippen LogP contribution in [-0.2, 0) is 10.0 Å². The van der Waals surface area contributed by atoms with Gasteiger partial charge in [0.2, 0.25) is 0 Å². The molecule has 110 valence electrons. The Morgan fingerprint density at radius 3 is 2.48 bits per heavy atom. The summed E-state index contributed by atoms with van der Waals surface area (Å²) in [5.41, 5.74) is 6.06. The Hall–Kier alpha value is -2.06. The summed E-state index contributed by atoms with van der Waals surface area (Å²) < 4.78 is 27.3. The van der Waals surface area contributed by atoms with Gasteiger partial charge in [0.05, 0.1) is 16.9 Å². The standard InChI is InChI=1S/C13H11BrN2O4S/c14-9-6-5-8(13(17)18)7-12(9)21(19,20)16-11-4-2-1-3-10(11)15/h1-7,16H,15H2,(H,17,18). The van der Waals surface area contributed by atoms with Gasteiger partial charge in [-0.1, -0.05) is 12.1 Å². The van der Waals surface area contributed by atoms with Crippen molar-refractivity contribution in [2.75, 3.05) is 10.5 Å². The van der Waals surface area contributed by atoms with Crippen LogP contribution in [-0.4, -0.2) is 19.5 Å². The van der Waals surface area contributed by atoms with Gasteiger partial charge in [-0.05, 0) is 46.3 Å². The maximum atomic E-state index is 12.4. The Kier molecular flexibility index (Phi) is 4.19. The largest absolute Gasteiger partial charge is 0.478 e. The van der Waals surface area contributed by atoms with Gasteiger partial charge in [-0.15, -0.1) is 0 Å². The third kappa shape index (κ3) is 3.34. The number of aromatic carboxylic acids is 1. The maximum absolute atomic E-state index is 12.4. The summed E-state index contributed by atoms with van der Waals surface area (Å²) in [5.74, 6) is -1.21. The summed E-state index contributed by atoms with van der Waals surface area (Å²) >= 11 is 3.10. The quantitative estimate of drug-likeness (QED) is 0.716. The number of hydrogen-bond donors (Lipinski definition) is 3. The Morgan fingerprint density at radius 2 is 1.86 bits per heavy atom. The molecule has 0 spiro atoms. The molecule has 0 fully saturated rings. The number of benzene rings is 2. The first-order valence-corrected chi connectivity index (χ1v) is 7.99. The zero-order chi connectivity index (χ0) is 15.6. The lowest BCUT2D eigenvalue weighted by Gasteiger charge is -2.12. The van der Waals surface area contributed by atoms with Crippen molar-refractivity contribution < 1.29 is 18.3 Å². The minimum Gasteiger partial charge on any atom is -0.478 e. The maximum Gasteiger partial charge on any atom is 0.335 e. The van der Waals surface area contributed by atoms with Crippen molar-refractivity contribution >= 4 is 43.3 Å². The lowest BCUT2D eigenvalue weighted by molar-refractivity contribution is 0.0696. The third-order valence-electron chi connectivity index (χ3n) is 2.67. The molecular formula is C13H11BrN2O4S. The molecule has 0 amide bonds. The number of hydrogen-bond acceptors (Lipinski definition) is 4. The van der Waals surface area contributed by atoms with E-state index in [9.17, 15) is 13.2 Å². The summed E-state index contributed by atoms with van der Waals surface area (Å²) in [5, 5.41) is 8.95. The number of anilines is 2. The van der Waals surface area contributed by atoms with Gasteiger partial charge in [-0.2, -0.15) is 0 Å². The van der Waals surface area contributed by atoms with Crippen LogP contribution in [0.3, 0.4) is 0 Å². The molecule has 0 aliphatic heterocycles. The van der Waals surface area contributed by atoms with Gasteiger partial charge in [0.15, 0.2) is 0 Å². The van der Waals surface area contributed by atoms with Gasteiger partial charge in [0.1, 0.15) is 4.90 Å². The van der Waals surface area contributed by atoms with Crippen molar-refractivity contribution in [2.45, 2.75) is 4.90 Å². The van der Waals surface area contributed by atoms with E-state index >= 15 is 0 Å². The molecule has 0 aliphatic rings. The molecule has 0 bridgehead atoms. The van der Waals surface area contributed by atoms with Crippen LogP contribution in [0.25, 0.3) is 0 Å². The SMILES string of the molecule is Nc1ccccc1NS(=O)(=O)c1cc(C(=O)O)ccc1Br. The lowest BCUT2D eigenvalue weighted by Crippen LogP contribution is -2.15. The van der Waals surface area contributed by atoms with E-state index in [1.165, 1.54) is 18.2 Å². The number of nitrogens with two attached hydrogens (primary N) is 1. The van der Waals surface area contributed by atoms with Gasteiger partial charge in [0.25, 0.3) is 10.0 Å². The number of carbonyl (C=O) groups is 1. The van der Waals surface area contributed by atoms with Crippen LogP contribution < -0.4 is 10.5 Å². The fraction of sp³-hybridized carbons (Fsp3) is 0. The molecular weight excluding hydrogens is 360 g/mol. The van der Waals surface area contributed by atoms with Crippen LogP contribution >= 0.6 is 15.9 Å². The first kappa shape index (κ1) is 15.3. The van der Waals surface area contributed by atoms with Crippen molar-refractivity contribution in [1.29, 1.82) is 0 Å². The van der Waals surface area contributed by atoms with E-state index in [0.29, 0.717) is 0 Å². The van der Waals surface area contributed by atoms with E-state index in [4.69, 9.17) is 10.8 Å². The monoisotopic (exact) mass is 370 g/mol. The Balaban J connectivity index is 2.47. The molecule has 4 N–H and O–H groups in total. The van der Waals surface area contributed by atoms with E-state index in [1.807, 2.05) is 0 Å². The highest BCUT2D eigenvalue weighted by molar-refractivity contribution is 9.10. The second kappa shape index (κ2) is 5.74. The molecule has 8 heteroatoms. The molecule has 2 rings (SSSR count). The minimum absolute atomic E-state index is 0.125. The average Bonchev–Trinajstić information content (AvgIpc) is 2.41. The molecule has 0 aromatic heterocycles. The zero-order valence-electron chi connectivity index (χ0n) is 10.6. The van der Waals surface area contributed by atoms with Crippen LogP contribution in [0.15, 0.2) is 51.8 Å². The van der Waals surface area contributed by atoms with Crippen LogP contribution in [0.5, 0.6) is 0 Å². The Bertz CT molecular complexity index is 806. The second-order valence-corrected chi connectivity index (χ2v) is 6.65. The van der Waals surface area contributed by atoms with Crippen molar-refractivity contribution in [3.05, 3.63) is 52.5 Å². The molecule has 21 heavy (non-hydrogen) atoms. The zero-order valence-corrected chi connectivity index (χ0v) is 13.0. The Labute approximate surface area is 129 Å². The lowest BCUT2D eigenvalue weighted by atomic mass is 10.2. The molecule has 0 heterocycles. The van der Waals surface area contributed by atoms with E-state index < -0.39 is 16.0 Å². The molecule has 2 aromatic carbocycles. The van der Waals surface area contributed by atoms with E-state index in [0.717, 1.165) is 6.07 Å². The normalized spacial score (nSPS) is 11.1. The molecule has 0 atom stereocenters. The van der Waals surface area contributed by atoms with Crippen molar-refractivity contribution in [3.8, 4) is 0 Å². The first-order valence-electron chi connectivity index (χ1n) is 5.71. The number of rotatable bonds is 4. The minimum atomic E-state index is -3.96. The molecule has 0 unspecified atom stereocenters. The highest BCUT2D eigenvalue weighted by Gasteiger charge is 2.20. The molecule has 0 saturated heterocycles. The van der Waals surface area contributed by atoms with Gasteiger partial charge < -0.3 is 10.8 Å². The number of sulfonamides is 1. The second-order valence-electron chi connectivity index (χ2n) is 4.14. The molecule has 0 saturated carbocycles. The van der Waals surface area contributed by atoms with Crippen LogP contribution in [0.4, 0.5) is 11.4 Å². The van der Waals surface area contributed by atoms with E-state index in [1.54, 1.807) is 18.2 Å². The average molecular weight is 371 g/mol. The molecule has 0 radical (unpaired) electrons. The molecule has 2 aromatic rings.